The molecule has 1 rings (SSSR count). The molecule has 1 heterocycles. The maximum atomic E-state index is 11.7. The first-order valence-electron chi connectivity index (χ1n) is 6.28. The largest absolute Gasteiger partial charge is 0.294 e. The molecular formula is C14H21NO. The lowest BCUT2D eigenvalue weighted by molar-refractivity contribution is 0.0978. The average molecular weight is 219 g/mol. The summed E-state index contributed by atoms with van der Waals surface area (Å²) < 4.78 is 0. The topological polar surface area (TPSA) is 30.0 Å². The summed E-state index contributed by atoms with van der Waals surface area (Å²) in [6.07, 6.45) is 11.3. The van der Waals surface area contributed by atoms with Gasteiger partial charge in [-0.3, -0.25) is 9.78 Å². The van der Waals surface area contributed by atoms with Crippen molar-refractivity contribution in [2.75, 3.05) is 0 Å². The number of aromatic nitrogens is 1. The molecule has 2 heteroatoms. The average Bonchev–Trinajstić information content (AvgIpc) is 2.34. The van der Waals surface area contributed by atoms with Crippen molar-refractivity contribution >= 4 is 5.78 Å². The van der Waals surface area contributed by atoms with Crippen molar-refractivity contribution in [1.82, 2.24) is 4.98 Å². The molecule has 1 aromatic heterocycles. The monoisotopic (exact) mass is 219 g/mol. The van der Waals surface area contributed by atoms with Gasteiger partial charge >= 0.3 is 0 Å². The van der Waals surface area contributed by atoms with Crippen LogP contribution in [-0.4, -0.2) is 10.8 Å². The molecule has 0 amide bonds. The number of pyridine rings is 1. The number of hydrogen-bond donors (Lipinski definition) is 0. The fourth-order valence-corrected chi connectivity index (χ4v) is 1.74. The molecule has 0 aliphatic carbocycles. The van der Waals surface area contributed by atoms with Gasteiger partial charge in [0.05, 0.1) is 0 Å². The number of nitrogens with zero attached hydrogens (tertiary/aromatic N) is 1. The van der Waals surface area contributed by atoms with Crippen LogP contribution in [0.1, 0.15) is 62.2 Å². The van der Waals surface area contributed by atoms with Gasteiger partial charge in [-0.1, -0.05) is 39.0 Å². The molecule has 0 saturated carbocycles. The predicted molar refractivity (Wildman–Crippen MR) is 66.6 cm³/mol. The SMILES string of the molecule is CCCCCCCCC(=O)c1cccnc1. The van der Waals surface area contributed by atoms with Crippen molar-refractivity contribution in [2.24, 2.45) is 0 Å². The Morgan fingerprint density at radius 1 is 1.19 bits per heavy atom. The highest BCUT2D eigenvalue weighted by Gasteiger charge is 2.04. The second-order valence-corrected chi connectivity index (χ2v) is 4.18. The summed E-state index contributed by atoms with van der Waals surface area (Å²) in [4.78, 5) is 15.6. The molecule has 16 heavy (non-hydrogen) atoms. The van der Waals surface area contributed by atoms with E-state index in [2.05, 4.69) is 11.9 Å². The third kappa shape index (κ3) is 5.06. The fraction of sp³-hybridized carbons (Fsp3) is 0.571. The zero-order chi connectivity index (χ0) is 11.6. The maximum absolute atomic E-state index is 11.7. The van der Waals surface area contributed by atoms with Gasteiger partial charge in [-0.25, -0.2) is 0 Å². The molecule has 0 aliphatic heterocycles. The Labute approximate surface area is 98.1 Å². The summed E-state index contributed by atoms with van der Waals surface area (Å²) in [5, 5.41) is 0. The Bertz CT molecular complexity index is 295. The molecule has 2 nitrogen and oxygen atoms in total. The third-order valence-electron chi connectivity index (χ3n) is 2.74. The zero-order valence-corrected chi connectivity index (χ0v) is 10.1. The molecule has 0 atom stereocenters. The normalized spacial score (nSPS) is 10.3. The summed E-state index contributed by atoms with van der Waals surface area (Å²) in [5.41, 5.74) is 0.746. The molecule has 0 N–H and O–H groups in total. The lowest BCUT2D eigenvalue weighted by Crippen LogP contribution is -1.99. The lowest BCUT2D eigenvalue weighted by atomic mass is 10.0. The lowest BCUT2D eigenvalue weighted by Gasteiger charge is -2.01. The molecule has 0 aliphatic rings. The number of unbranched alkanes of at least 4 members (excludes halogenated alkanes) is 5. The van der Waals surface area contributed by atoms with Gasteiger partial charge in [0.25, 0.3) is 0 Å². The summed E-state index contributed by atoms with van der Waals surface area (Å²) in [5.74, 6) is 0.226. The van der Waals surface area contributed by atoms with E-state index in [1.807, 2.05) is 12.1 Å². The first-order chi connectivity index (χ1) is 7.84. The van der Waals surface area contributed by atoms with Gasteiger partial charge in [0.1, 0.15) is 0 Å². The van der Waals surface area contributed by atoms with Crippen LogP contribution in [0.2, 0.25) is 0 Å². The van der Waals surface area contributed by atoms with Crippen LogP contribution in [0, 0.1) is 0 Å². The Morgan fingerprint density at radius 2 is 1.94 bits per heavy atom. The van der Waals surface area contributed by atoms with E-state index in [4.69, 9.17) is 0 Å². The highest BCUT2D eigenvalue weighted by Crippen LogP contribution is 2.09. The van der Waals surface area contributed by atoms with Gasteiger partial charge in [-0.15, -0.1) is 0 Å². The van der Waals surface area contributed by atoms with E-state index < -0.39 is 0 Å². The van der Waals surface area contributed by atoms with Crippen molar-refractivity contribution in [3.63, 3.8) is 0 Å². The van der Waals surface area contributed by atoms with Gasteiger partial charge in [0.15, 0.2) is 5.78 Å². The molecule has 0 fully saturated rings. The van der Waals surface area contributed by atoms with Crippen LogP contribution < -0.4 is 0 Å². The molecule has 0 saturated heterocycles. The molecule has 0 aromatic carbocycles. The first kappa shape index (κ1) is 12.9. The molecule has 0 spiro atoms. The van der Waals surface area contributed by atoms with Crippen LogP contribution in [-0.2, 0) is 0 Å². The van der Waals surface area contributed by atoms with E-state index in [0.717, 1.165) is 12.0 Å². The number of Topliss-reactive ketones (excluding diaryl/α,β-unsaturated/α-hetero) is 1. The molecule has 0 bridgehead atoms. The van der Waals surface area contributed by atoms with Crippen molar-refractivity contribution in [1.29, 1.82) is 0 Å². The van der Waals surface area contributed by atoms with Crippen molar-refractivity contribution in [2.45, 2.75) is 51.9 Å². The number of carbonyl (C=O) groups excluding carboxylic acids is 1. The predicted octanol–water partition coefficient (Wildman–Crippen LogP) is 4.01. The van der Waals surface area contributed by atoms with Gasteiger partial charge < -0.3 is 0 Å². The van der Waals surface area contributed by atoms with Gasteiger partial charge in [-0.2, -0.15) is 0 Å². The first-order valence-corrected chi connectivity index (χ1v) is 6.28. The minimum Gasteiger partial charge on any atom is -0.294 e. The van der Waals surface area contributed by atoms with Gasteiger partial charge in [0.2, 0.25) is 0 Å². The maximum Gasteiger partial charge on any atom is 0.164 e. The van der Waals surface area contributed by atoms with Crippen molar-refractivity contribution in [3.05, 3.63) is 30.1 Å². The van der Waals surface area contributed by atoms with Gasteiger partial charge in [0, 0.05) is 24.4 Å². The fourth-order valence-electron chi connectivity index (χ4n) is 1.74. The van der Waals surface area contributed by atoms with Gasteiger partial charge in [-0.05, 0) is 18.6 Å². The number of rotatable bonds is 8. The van der Waals surface area contributed by atoms with Crippen LogP contribution >= 0.6 is 0 Å². The Balaban J connectivity index is 2.12. The van der Waals surface area contributed by atoms with E-state index in [-0.39, 0.29) is 5.78 Å². The molecule has 88 valence electrons. The van der Waals surface area contributed by atoms with Crippen molar-refractivity contribution in [3.8, 4) is 0 Å². The number of ketones is 1. The second-order valence-electron chi connectivity index (χ2n) is 4.18. The summed E-state index contributed by atoms with van der Waals surface area (Å²) in [7, 11) is 0. The van der Waals surface area contributed by atoms with E-state index in [0.29, 0.717) is 6.42 Å². The standard InChI is InChI=1S/C14H21NO/c1-2-3-4-5-6-7-10-14(16)13-9-8-11-15-12-13/h8-9,11-12H,2-7,10H2,1H3. The van der Waals surface area contributed by atoms with E-state index in [9.17, 15) is 4.79 Å². The highest BCUT2D eigenvalue weighted by atomic mass is 16.1. The number of hydrogen-bond acceptors (Lipinski definition) is 2. The number of carbonyl (C=O) groups is 1. The smallest absolute Gasteiger partial charge is 0.164 e. The summed E-state index contributed by atoms with van der Waals surface area (Å²) in [6, 6.07) is 3.65. The molecule has 0 unspecified atom stereocenters. The Morgan fingerprint density at radius 3 is 2.62 bits per heavy atom. The van der Waals surface area contributed by atoms with Crippen LogP contribution in [0.25, 0.3) is 0 Å². The van der Waals surface area contributed by atoms with E-state index in [1.54, 1.807) is 12.4 Å². The second kappa shape index (κ2) is 8.03. The minimum atomic E-state index is 0.226. The van der Waals surface area contributed by atoms with Crippen molar-refractivity contribution < 1.29 is 4.79 Å². The highest BCUT2D eigenvalue weighted by molar-refractivity contribution is 5.95. The van der Waals surface area contributed by atoms with Crippen LogP contribution in [0.15, 0.2) is 24.5 Å². The Kier molecular flexibility index (Phi) is 6.47. The minimum absolute atomic E-state index is 0.226. The molecule has 1 aromatic rings. The third-order valence-corrected chi connectivity index (χ3v) is 2.74. The van der Waals surface area contributed by atoms with Crippen LogP contribution in [0.3, 0.4) is 0 Å². The summed E-state index contributed by atoms with van der Waals surface area (Å²) >= 11 is 0. The summed E-state index contributed by atoms with van der Waals surface area (Å²) in [6.45, 7) is 2.21. The molecule has 0 radical (unpaired) electrons. The van der Waals surface area contributed by atoms with E-state index in [1.165, 1.54) is 32.1 Å². The van der Waals surface area contributed by atoms with E-state index >= 15 is 0 Å². The quantitative estimate of drug-likeness (QED) is 0.488. The Hall–Kier alpha value is -1.18. The van der Waals surface area contributed by atoms with Crippen LogP contribution in [0.4, 0.5) is 0 Å². The zero-order valence-electron chi connectivity index (χ0n) is 10.1. The van der Waals surface area contributed by atoms with Crippen LogP contribution in [0.5, 0.6) is 0 Å². The molecular weight excluding hydrogens is 198 g/mol.